The van der Waals surface area contributed by atoms with Crippen LogP contribution in [0.1, 0.15) is 55.6 Å². The number of benzene rings is 2. The van der Waals surface area contributed by atoms with Crippen LogP contribution in [0.4, 0.5) is 4.79 Å². The van der Waals surface area contributed by atoms with Gasteiger partial charge in [-0.2, -0.15) is 5.26 Å². The Morgan fingerprint density at radius 2 is 1.77 bits per heavy atom. The van der Waals surface area contributed by atoms with Gasteiger partial charge in [0.2, 0.25) is 5.91 Å². The topological polar surface area (TPSA) is 120 Å². The van der Waals surface area contributed by atoms with E-state index in [1.807, 2.05) is 36.4 Å². The molecule has 0 aromatic heterocycles. The molecule has 2 aromatic carbocycles. The van der Waals surface area contributed by atoms with Gasteiger partial charge in [0, 0.05) is 24.9 Å². The van der Waals surface area contributed by atoms with Gasteiger partial charge in [-0.15, -0.1) is 0 Å². The normalized spacial score (nSPS) is 17.2. The lowest BCUT2D eigenvalue weighted by molar-refractivity contribution is -0.140. The predicted molar refractivity (Wildman–Crippen MR) is 128 cm³/mol. The van der Waals surface area contributed by atoms with Crippen molar-refractivity contribution in [3.8, 4) is 17.2 Å². The number of hydrogen-bond donors (Lipinski definition) is 2. The van der Waals surface area contributed by atoms with Crippen molar-refractivity contribution in [2.45, 2.75) is 56.5 Å². The Morgan fingerprint density at radius 3 is 2.40 bits per heavy atom. The predicted octanol–water partition coefficient (Wildman–Crippen LogP) is 4.05. The first-order valence-electron chi connectivity index (χ1n) is 12.0. The fourth-order valence-electron chi connectivity index (χ4n) is 5.16. The quantitative estimate of drug-likeness (QED) is 0.528. The van der Waals surface area contributed by atoms with Crippen molar-refractivity contribution in [3.63, 3.8) is 0 Å². The van der Waals surface area contributed by atoms with Crippen LogP contribution in [0.2, 0.25) is 0 Å². The van der Waals surface area contributed by atoms with Gasteiger partial charge in [0.15, 0.2) is 0 Å². The summed E-state index contributed by atoms with van der Waals surface area (Å²) in [4.78, 5) is 38.8. The standard InChI is InChI=1S/C27H29N3O5/c28-14-6-5-13-24(26(33)30-15-7-8-18(30)16-25(31)32)29-27(34)35-17-23-21-11-3-1-9-19(21)20-10-2-4-12-22(20)23/h1-4,9-12,18,23-24H,5-8,13,15-17H2,(H,29,34)(H,31,32)/t18-,24?/m1/s1. The molecule has 0 saturated carbocycles. The van der Waals surface area contributed by atoms with E-state index in [0.29, 0.717) is 19.4 Å². The third-order valence-corrected chi connectivity index (χ3v) is 6.79. The van der Waals surface area contributed by atoms with E-state index in [1.165, 1.54) is 0 Å². The van der Waals surface area contributed by atoms with Crippen LogP contribution in [-0.2, 0) is 14.3 Å². The van der Waals surface area contributed by atoms with Gasteiger partial charge >= 0.3 is 12.1 Å². The van der Waals surface area contributed by atoms with Gasteiger partial charge in [0.1, 0.15) is 12.6 Å². The van der Waals surface area contributed by atoms with E-state index < -0.39 is 18.1 Å². The Morgan fingerprint density at radius 1 is 1.11 bits per heavy atom. The van der Waals surface area contributed by atoms with Crippen LogP contribution in [0.25, 0.3) is 11.1 Å². The summed E-state index contributed by atoms with van der Waals surface area (Å²) < 4.78 is 5.60. The summed E-state index contributed by atoms with van der Waals surface area (Å²) in [5.74, 6) is -1.38. The number of carbonyl (C=O) groups excluding carboxylic acids is 2. The third kappa shape index (κ3) is 5.46. The summed E-state index contributed by atoms with van der Waals surface area (Å²) in [6.07, 6.45) is 1.50. The summed E-state index contributed by atoms with van der Waals surface area (Å²) in [5, 5.41) is 20.8. The maximum Gasteiger partial charge on any atom is 0.407 e. The molecule has 4 rings (SSSR count). The number of nitriles is 1. The second kappa shape index (κ2) is 11.0. The Hall–Kier alpha value is -3.86. The molecule has 1 heterocycles. The number of likely N-dealkylation sites (tertiary alicyclic amines) is 1. The average Bonchev–Trinajstić information content (AvgIpc) is 3.44. The fraction of sp³-hybridized carbons (Fsp3) is 0.407. The minimum atomic E-state index is -0.958. The Balaban J connectivity index is 1.43. The molecule has 1 unspecified atom stereocenters. The number of amides is 2. The van der Waals surface area contributed by atoms with Gasteiger partial charge in [0.05, 0.1) is 12.5 Å². The molecule has 2 N–H and O–H groups in total. The first kappa shape index (κ1) is 24.3. The molecule has 2 aromatic rings. The number of rotatable bonds is 9. The Labute approximate surface area is 204 Å². The van der Waals surface area contributed by atoms with Crippen molar-refractivity contribution in [3.05, 3.63) is 59.7 Å². The van der Waals surface area contributed by atoms with Crippen molar-refractivity contribution in [1.29, 1.82) is 5.26 Å². The van der Waals surface area contributed by atoms with E-state index in [-0.39, 0.29) is 43.7 Å². The molecule has 1 aliphatic carbocycles. The summed E-state index contributed by atoms with van der Waals surface area (Å²) in [6, 6.07) is 16.9. The zero-order chi connectivity index (χ0) is 24.8. The van der Waals surface area contributed by atoms with E-state index in [0.717, 1.165) is 28.7 Å². The van der Waals surface area contributed by atoms with Crippen molar-refractivity contribution in [2.24, 2.45) is 0 Å². The number of fused-ring (bicyclic) bond motifs is 3. The highest BCUT2D eigenvalue weighted by molar-refractivity contribution is 5.86. The summed E-state index contributed by atoms with van der Waals surface area (Å²) in [7, 11) is 0. The lowest BCUT2D eigenvalue weighted by Gasteiger charge is -2.28. The van der Waals surface area contributed by atoms with Gasteiger partial charge in [-0.3, -0.25) is 9.59 Å². The molecule has 1 fully saturated rings. The van der Waals surface area contributed by atoms with E-state index in [9.17, 15) is 19.5 Å². The minimum Gasteiger partial charge on any atom is -0.481 e. The number of hydrogen-bond acceptors (Lipinski definition) is 5. The van der Waals surface area contributed by atoms with Crippen LogP contribution in [0.15, 0.2) is 48.5 Å². The molecule has 35 heavy (non-hydrogen) atoms. The number of nitrogens with zero attached hydrogens (tertiary/aromatic N) is 2. The zero-order valence-corrected chi connectivity index (χ0v) is 19.5. The van der Waals surface area contributed by atoms with E-state index in [2.05, 4.69) is 23.5 Å². The molecule has 2 amide bonds. The monoisotopic (exact) mass is 475 g/mol. The zero-order valence-electron chi connectivity index (χ0n) is 19.5. The second-order valence-electron chi connectivity index (χ2n) is 9.00. The molecular formula is C27H29N3O5. The van der Waals surface area contributed by atoms with Crippen LogP contribution >= 0.6 is 0 Å². The number of aliphatic carboxylic acids is 1. The maximum atomic E-state index is 13.2. The van der Waals surface area contributed by atoms with Gasteiger partial charge in [-0.25, -0.2) is 4.79 Å². The third-order valence-electron chi connectivity index (χ3n) is 6.79. The van der Waals surface area contributed by atoms with Gasteiger partial charge < -0.3 is 20.1 Å². The van der Waals surface area contributed by atoms with Gasteiger partial charge in [-0.1, -0.05) is 48.5 Å². The smallest absolute Gasteiger partial charge is 0.407 e. The summed E-state index contributed by atoms with van der Waals surface area (Å²) >= 11 is 0. The number of nitrogens with one attached hydrogen (secondary N) is 1. The van der Waals surface area contributed by atoms with E-state index in [1.54, 1.807) is 4.90 Å². The molecule has 0 spiro atoms. The molecule has 2 atom stereocenters. The van der Waals surface area contributed by atoms with Crippen LogP contribution in [-0.4, -0.2) is 53.2 Å². The Kier molecular flexibility index (Phi) is 7.66. The first-order valence-corrected chi connectivity index (χ1v) is 12.0. The largest absolute Gasteiger partial charge is 0.481 e. The Bertz CT molecular complexity index is 1100. The number of ether oxygens (including phenoxy) is 1. The molecule has 1 saturated heterocycles. The number of carboxylic acid groups (broad SMARTS) is 1. The minimum absolute atomic E-state index is 0.0978. The summed E-state index contributed by atoms with van der Waals surface area (Å²) in [5.41, 5.74) is 4.44. The van der Waals surface area contributed by atoms with Crippen molar-refractivity contribution in [2.75, 3.05) is 13.2 Å². The molecule has 0 radical (unpaired) electrons. The molecule has 2 aliphatic rings. The van der Waals surface area contributed by atoms with Crippen molar-refractivity contribution < 1.29 is 24.2 Å². The molecule has 8 heteroatoms. The summed E-state index contributed by atoms with van der Waals surface area (Å²) in [6.45, 7) is 0.586. The van der Waals surface area contributed by atoms with E-state index in [4.69, 9.17) is 10.00 Å². The molecule has 0 bridgehead atoms. The second-order valence-corrected chi connectivity index (χ2v) is 9.00. The highest BCUT2D eigenvalue weighted by Crippen LogP contribution is 2.44. The number of carbonyl (C=O) groups is 3. The highest BCUT2D eigenvalue weighted by atomic mass is 16.5. The molecule has 182 valence electrons. The van der Waals surface area contributed by atoms with Gasteiger partial charge in [0.25, 0.3) is 0 Å². The van der Waals surface area contributed by atoms with E-state index >= 15 is 0 Å². The van der Waals surface area contributed by atoms with Gasteiger partial charge in [-0.05, 0) is 47.9 Å². The fourth-order valence-corrected chi connectivity index (χ4v) is 5.16. The number of unbranched alkanes of at least 4 members (excludes halogenated alkanes) is 1. The number of alkyl carbamates (subject to hydrolysis) is 1. The van der Waals surface area contributed by atoms with Crippen LogP contribution in [0.3, 0.4) is 0 Å². The molecule has 1 aliphatic heterocycles. The lowest BCUT2D eigenvalue weighted by atomic mass is 9.98. The van der Waals surface area contributed by atoms with Crippen LogP contribution in [0, 0.1) is 11.3 Å². The van der Waals surface area contributed by atoms with Crippen molar-refractivity contribution in [1.82, 2.24) is 10.2 Å². The SMILES string of the molecule is N#CCCCC(NC(=O)OCC1c2ccccc2-c2ccccc21)C(=O)N1CCC[C@@H]1CC(=O)O. The number of carboxylic acids is 1. The highest BCUT2D eigenvalue weighted by Gasteiger charge is 2.35. The molecular weight excluding hydrogens is 446 g/mol. The lowest BCUT2D eigenvalue weighted by Crippen LogP contribution is -2.50. The van der Waals surface area contributed by atoms with Crippen molar-refractivity contribution >= 4 is 18.0 Å². The maximum absolute atomic E-state index is 13.2. The first-order chi connectivity index (χ1) is 17.0. The van der Waals surface area contributed by atoms with Crippen LogP contribution in [0.5, 0.6) is 0 Å². The van der Waals surface area contributed by atoms with Crippen LogP contribution < -0.4 is 5.32 Å². The average molecular weight is 476 g/mol. The molecule has 8 nitrogen and oxygen atoms in total.